The van der Waals surface area contributed by atoms with Crippen LogP contribution in [0, 0.1) is 13.8 Å². The molecule has 25 heavy (non-hydrogen) atoms. The molecule has 2 atom stereocenters. The molecule has 0 spiro atoms. The van der Waals surface area contributed by atoms with Crippen LogP contribution in [-0.2, 0) is 14.3 Å². The number of esters is 2. The van der Waals surface area contributed by atoms with E-state index in [4.69, 9.17) is 9.47 Å². The van der Waals surface area contributed by atoms with Gasteiger partial charge in [-0.2, -0.15) is 0 Å². The van der Waals surface area contributed by atoms with Crippen LogP contribution in [0.15, 0.2) is 0 Å². The van der Waals surface area contributed by atoms with Crippen molar-refractivity contribution in [2.24, 2.45) is 0 Å². The first kappa shape index (κ1) is 19.0. The van der Waals surface area contributed by atoms with Crippen molar-refractivity contribution in [2.45, 2.75) is 59.0 Å². The lowest BCUT2D eigenvalue weighted by Crippen LogP contribution is -2.49. The highest BCUT2D eigenvalue weighted by Gasteiger charge is 2.30. The van der Waals surface area contributed by atoms with Gasteiger partial charge in [0, 0.05) is 17.8 Å². The first-order valence-corrected chi connectivity index (χ1v) is 8.53. The number of aryl methyl sites for hydroxylation is 1. The van der Waals surface area contributed by atoms with E-state index in [2.05, 4.69) is 4.98 Å². The first-order chi connectivity index (χ1) is 11.8. The van der Waals surface area contributed by atoms with Gasteiger partial charge in [-0.1, -0.05) is 0 Å². The second kappa shape index (κ2) is 7.72. The highest BCUT2D eigenvalue weighted by atomic mass is 16.5. The molecule has 1 amide bonds. The fourth-order valence-corrected chi connectivity index (χ4v) is 3.55. The number of aromatic nitrogens is 1. The predicted molar refractivity (Wildman–Crippen MR) is 91.5 cm³/mol. The number of rotatable bonds is 4. The quantitative estimate of drug-likeness (QED) is 0.842. The molecule has 1 aromatic rings. The van der Waals surface area contributed by atoms with Crippen molar-refractivity contribution in [1.82, 2.24) is 9.88 Å². The number of hydrogen-bond acceptors (Lipinski definition) is 5. The fraction of sp³-hybridized carbons (Fsp3) is 0.611. The normalized spacial score (nSPS) is 20.3. The standard InChI is InChI=1S/C18H26N2O5/c1-10-7-6-8-11(2)20(10)14(21)9-25-18(23)16-12(3)15(13(4)19-16)17(22)24-5/h10-11,19H,6-9H2,1-5H3/t10-,11+. The molecule has 138 valence electrons. The van der Waals surface area contributed by atoms with Gasteiger partial charge in [0.25, 0.3) is 5.91 Å². The molecule has 0 radical (unpaired) electrons. The van der Waals surface area contributed by atoms with Crippen molar-refractivity contribution in [3.63, 3.8) is 0 Å². The third kappa shape index (κ3) is 3.86. The molecule has 1 N–H and O–H groups in total. The van der Waals surface area contributed by atoms with E-state index in [-0.39, 0.29) is 30.3 Å². The Hall–Kier alpha value is -2.31. The molecule has 1 aliphatic heterocycles. The zero-order valence-electron chi connectivity index (χ0n) is 15.5. The van der Waals surface area contributed by atoms with Crippen LogP contribution in [0.3, 0.4) is 0 Å². The van der Waals surface area contributed by atoms with E-state index in [1.807, 2.05) is 13.8 Å². The van der Waals surface area contributed by atoms with Gasteiger partial charge in [-0.05, 0) is 52.5 Å². The molecule has 0 aromatic carbocycles. The Labute approximate surface area is 147 Å². The van der Waals surface area contributed by atoms with Crippen LogP contribution < -0.4 is 0 Å². The van der Waals surface area contributed by atoms with Gasteiger partial charge in [0.2, 0.25) is 0 Å². The molecular formula is C18H26N2O5. The minimum atomic E-state index is -0.651. The number of nitrogens with zero attached hydrogens (tertiary/aromatic N) is 1. The summed E-state index contributed by atoms with van der Waals surface area (Å²) in [5.74, 6) is -1.36. The maximum Gasteiger partial charge on any atom is 0.355 e. The third-order valence-corrected chi connectivity index (χ3v) is 4.84. The van der Waals surface area contributed by atoms with Crippen molar-refractivity contribution in [2.75, 3.05) is 13.7 Å². The summed E-state index contributed by atoms with van der Waals surface area (Å²) in [6.07, 6.45) is 3.02. The Balaban J connectivity index is 2.05. The molecule has 7 nitrogen and oxygen atoms in total. The van der Waals surface area contributed by atoms with Crippen molar-refractivity contribution < 1.29 is 23.9 Å². The molecule has 1 saturated heterocycles. The van der Waals surface area contributed by atoms with Crippen LogP contribution in [0.25, 0.3) is 0 Å². The molecule has 7 heteroatoms. The van der Waals surface area contributed by atoms with Gasteiger partial charge in [0.1, 0.15) is 5.69 Å². The molecule has 0 unspecified atom stereocenters. The number of H-pyrrole nitrogens is 1. The summed E-state index contributed by atoms with van der Waals surface area (Å²) in [5, 5.41) is 0. The van der Waals surface area contributed by atoms with E-state index in [1.54, 1.807) is 18.7 Å². The Morgan fingerprint density at radius 1 is 1.12 bits per heavy atom. The lowest BCUT2D eigenvalue weighted by Gasteiger charge is -2.38. The summed E-state index contributed by atoms with van der Waals surface area (Å²) >= 11 is 0. The molecular weight excluding hydrogens is 324 g/mol. The van der Waals surface area contributed by atoms with Gasteiger partial charge in [-0.25, -0.2) is 9.59 Å². The van der Waals surface area contributed by atoms with Crippen LogP contribution in [0.1, 0.15) is 65.2 Å². The molecule has 1 aromatic heterocycles. The number of methoxy groups -OCH3 is 1. The van der Waals surface area contributed by atoms with Crippen LogP contribution in [0.5, 0.6) is 0 Å². The van der Waals surface area contributed by atoms with Crippen LogP contribution >= 0.6 is 0 Å². The number of nitrogens with one attached hydrogen (secondary N) is 1. The van der Waals surface area contributed by atoms with Gasteiger partial charge in [-0.15, -0.1) is 0 Å². The Kier molecular flexibility index (Phi) is 5.87. The van der Waals surface area contributed by atoms with Crippen molar-refractivity contribution in [3.8, 4) is 0 Å². The number of amides is 1. The van der Waals surface area contributed by atoms with Crippen molar-refractivity contribution in [3.05, 3.63) is 22.5 Å². The van der Waals surface area contributed by atoms with Crippen molar-refractivity contribution >= 4 is 17.8 Å². The van der Waals surface area contributed by atoms with E-state index in [1.165, 1.54) is 7.11 Å². The number of ether oxygens (including phenoxy) is 2. The maximum atomic E-state index is 12.4. The molecule has 1 fully saturated rings. The average molecular weight is 350 g/mol. The third-order valence-electron chi connectivity index (χ3n) is 4.84. The van der Waals surface area contributed by atoms with E-state index >= 15 is 0 Å². The van der Waals surface area contributed by atoms with Gasteiger partial charge in [0.15, 0.2) is 6.61 Å². The predicted octanol–water partition coefficient (Wildman–Crippen LogP) is 2.36. The monoisotopic (exact) mass is 350 g/mol. The minimum absolute atomic E-state index is 0.148. The fourth-order valence-electron chi connectivity index (χ4n) is 3.55. The van der Waals surface area contributed by atoms with E-state index < -0.39 is 11.9 Å². The lowest BCUT2D eigenvalue weighted by molar-refractivity contribution is -0.140. The average Bonchev–Trinajstić information content (AvgIpc) is 2.86. The second-order valence-corrected chi connectivity index (χ2v) is 6.62. The minimum Gasteiger partial charge on any atom is -0.465 e. The Morgan fingerprint density at radius 2 is 1.72 bits per heavy atom. The zero-order valence-corrected chi connectivity index (χ0v) is 15.5. The highest BCUT2D eigenvalue weighted by molar-refractivity contribution is 5.99. The van der Waals surface area contributed by atoms with Crippen molar-refractivity contribution in [1.29, 1.82) is 0 Å². The summed E-state index contributed by atoms with van der Waals surface area (Å²) in [6, 6.07) is 0.297. The van der Waals surface area contributed by atoms with Crippen LogP contribution in [0.2, 0.25) is 0 Å². The summed E-state index contributed by atoms with van der Waals surface area (Å²) in [7, 11) is 1.28. The van der Waals surface area contributed by atoms with Gasteiger partial charge < -0.3 is 19.4 Å². The molecule has 1 aliphatic rings. The lowest BCUT2D eigenvalue weighted by atomic mass is 9.97. The number of hydrogen-bond donors (Lipinski definition) is 1. The molecule has 0 aliphatic carbocycles. The number of piperidine rings is 1. The summed E-state index contributed by atoms with van der Waals surface area (Å²) in [5.41, 5.74) is 1.48. The van der Waals surface area contributed by atoms with E-state index in [0.717, 1.165) is 19.3 Å². The second-order valence-electron chi connectivity index (χ2n) is 6.62. The summed E-state index contributed by atoms with van der Waals surface area (Å²) in [4.78, 5) is 41.2. The molecule has 0 saturated carbocycles. The maximum absolute atomic E-state index is 12.4. The Bertz CT molecular complexity index is 669. The number of carbonyl (C=O) groups is 3. The van der Waals surface area contributed by atoms with E-state index in [9.17, 15) is 14.4 Å². The van der Waals surface area contributed by atoms with Crippen LogP contribution in [-0.4, -0.2) is 53.5 Å². The zero-order chi connectivity index (χ0) is 18.7. The van der Waals surface area contributed by atoms with Gasteiger partial charge in [0.05, 0.1) is 12.7 Å². The van der Waals surface area contributed by atoms with Gasteiger partial charge >= 0.3 is 11.9 Å². The van der Waals surface area contributed by atoms with E-state index in [0.29, 0.717) is 16.8 Å². The Morgan fingerprint density at radius 3 is 2.28 bits per heavy atom. The van der Waals surface area contributed by atoms with Crippen LogP contribution in [0.4, 0.5) is 0 Å². The summed E-state index contributed by atoms with van der Waals surface area (Å²) in [6.45, 7) is 7.03. The molecule has 0 bridgehead atoms. The summed E-state index contributed by atoms with van der Waals surface area (Å²) < 4.78 is 9.91. The molecule has 2 rings (SSSR count). The number of aromatic amines is 1. The topological polar surface area (TPSA) is 88.7 Å². The SMILES string of the molecule is COC(=O)c1c(C)[nH]c(C(=O)OCC(=O)N2[C@H](C)CCC[C@@H]2C)c1C. The number of likely N-dealkylation sites (tertiary alicyclic amines) is 1. The highest BCUT2D eigenvalue weighted by Crippen LogP contribution is 2.23. The number of carbonyl (C=O) groups excluding carboxylic acids is 3. The largest absolute Gasteiger partial charge is 0.465 e. The molecule has 2 heterocycles. The smallest absolute Gasteiger partial charge is 0.355 e. The van der Waals surface area contributed by atoms with Gasteiger partial charge in [-0.3, -0.25) is 4.79 Å². The first-order valence-electron chi connectivity index (χ1n) is 8.53.